The predicted molar refractivity (Wildman–Crippen MR) is 67.3 cm³/mol. The zero-order valence-corrected chi connectivity index (χ0v) is 9.93. The van der Waals surface area contributed by atoms with Crippen molar-refractivity contribution in [2.24, 2.45) is 5.84 Å². The van der Waals surface area contributed by atoms with E-state index < -0.39 is 0 Å². The number of rotatable bonds is 4. The summed E-state index contributed by atoms with van der Waals surface area (Å²) in [4.78, 5) is 8.02. The van der Waals surface area contributed by atoms with E-state index in [1.807, 2.05) is 30.5 Å². The number of aromatic nitrogens is 2. The van der Waals surface area contributed by atoms with Crippen molar-refractivity contribution in [1.82, 2.24) is 15.4 Å². The molecule has 3 N–H and O–H groups in total. The molecule has 0 saturated heterocycles. The maximum Gasteiger partial charge on any atom is 0.129 e. The van der Waals surface area contributed by atoms with Crippen molar-refractivity contribution in [3.05, 3.63) is 59.1 Å². The van der Waals surface area contributed by atoms with Crippen LogP contribution >= 0.6 is 11.6 Å². The molecule has 0 aliphatic rings. The molecule has 2 rings (SSSR count). The highest BCUT2D eigenvalue weighted by molar-refractivity contribution is 6.29. The molecule has 2 aromatic rings. The highest BCUT2D eigenvalue weighted by Crippen LogP contribution is 2.19. The molecule has 0 amide bonds. The summed E-state index contributed by atoms with van der Waals surface area (Å²) in [6.07, 6.45) is 6.00. The Morgan fingerprint density at radius 2 is 2.24 bits per heavy atom. The SMILES string of the molecule is NNC(Cc1cccnc1)c1ccnc(Cl)c1. The fraction of sp³-hybridized carbons (Fsp3) is 0.167. The summed E-state index contributed by atoms with van der Waals surface area (Å²) in [7, 11) is 0. The number of pyridine rings is 2. The molecule has 0 saturated carbocycles. The largest absolute Gasteiger partial charge is 0.271 e. The lowest BCUT2D eigenvalue weighted by Crippen LogP contribution is -2.29. The third-order valence-corrected chi connectivity index (χ3v) is 2.72. The molecule has 0 bridgehead atoms. The first-order chi connectivity index (χ1) is 8.29. The highest BCUT2D eigenvalue weighted by Gasteiger charge is 2.11. The molecule has 0 aliphatic carbocycles. The number of nitrogens with one attached hydrogen (secondary N) is 1. The van der Waals surface area contributed by atoms with Gasteiger partial charge in [-0.15, -0.1) is 0 Å². The van der Waals surface area contributed by atoms with Crippen LogP contribution in [-0.2, 0) is 6.42 Å². The van der Waals surface area contributed by atoms with Gasteiger partial charge in [-0.05, 0) is 35.7 Å². The van der Waals surface area contributed by atoms with Crippen molar-refractivity contribution in [3.63, 3.8) is 0 Å². The molecule has 2 aromatic heterocycles. The number of hydrazine groups is 1. The van der Waals surface area contributed by atoms with Gasteiger partial charge in [0.2, 0.25) is 0 Å². The van der Waals surface area contributed by atoms with Gasteiger partial charge in [-0.25, -0.2) is 4.98 Å². The average Bonchev–Trinajstić information content (AvgIpc) is 2.37. The smallest absolute Gasteiger partial charge is 0.129 e. The Hall–Kier alpha value is -1.49. The van der Waals surface area contributed by atoms with E-state index in [2.05, 4.69) is 15.4 Å². The minimum absolute atomic E-state index is 0.000278. The van der Waals surface area contributed by atoms with Crippen molar-refractivity contribution in [1.29, 1.82) is 0 Å². The summed E-state index contributed by atoms with van der Waals surface area (Å²) in [5.74, 6) is 5.57. The molecule has 4 nitrogen and oxygen atoms in total. The van der Waals surface area contributed by atoms with Crippen LogP contribution < -0.4 is 11.3 Å². The van der Waals surface area contributed by atoms with Crippen LogP contribution in [0.2, 0.25) is 5.15 Å². The summed E-state index contributed by atoms with van der Waals surface area (Å²) in [5.41, 5.74) is 4.90. The van der Waals surface area contributed by atoms with Crippen LogP contribution in [-0.4, -0.2) is 9.97 Å². The molecular formula is C12H13ClN4. The highest BCUT2D eigenvalue weighted by atomic mass is 35.5. The summed E-state index contributed by atoms with van der Waals surface area (Å²) in [6.45, 7) is 0. The molecule has 0 aromatic carbocycles. The molecule has 0 aliphatic heterocycles. The third kappa shape index (κ3) is 3.23. The van der Waals surface area contributed by atoms with Crippen molar-refractivity contribution < 1.29 is 0 Å². The van der Waals surface area contributed by atoms with Crippen LogP contribution in [0.4, 0.5) is 0 Å². The van der Waals surface area contributed by atoms with E-state index >= 15 is 0 Å². The molecule has 2 heterocycles. The maximum atomic E-state index is 5.86. The van der Waals surface area contributed by atoms with E-state index in [9.17, 15) is 0 Å². The van der Waals surface area contributed by atoms with E-state index in [-0.39, 0.29) is 6.04 Å². The van der Waals surface area contributed by atoms with Gasteiger partial charge in [-0.2, -0.15) is 0 Å². The van der Waals surface area contributed by atoms with Gasteiger partial charge in [0, 0.05) is 18.6 Å². The molecular weight excluding hydrogens is 236 g/mol. The van der Waals surface area contributed by atoms with E-state index in [0.717, 1.165) is 17.5 Å². The lowest BCUT2D eigenvalue weighted by Gasteiger charge is -2.16. The number of hydrogen-bond acceptors (Lipinski definition) is 4. The van der Waals surface area contributed by atoms with Gasteiger partial charge in [0.05, 0.1) is 6.04 Å². The Morgan fingerprint density at radius 3 is 2.88 bits per heavy atom. The van der Waals surface area contributed by atoms with Crippen LogP contribution in [0.3, 0.4) is 0 Å². The molecule has 1 unspecified atom stereocenters. The van der Waals surface area contributed by atoms with E-state index in [1.54, 1.807) is 12.4 Å². The Balaban J connectivity index is 2.17. The second kappa shape index (κ2) is 5.72. The molecule has 1 atom stereocenters. The van der Waals surface area contributed by atoms with Crippen molar-refractivity contribution in [2.45, 2.75) is 12.5 Å². The molecule has 17 heavy (non-hydrogen) atoms. The summed E-state index contributed by atoms with van der Waals surface area (Å²) >= 11 is 5.86. The van der Waals surface area contributed by atoms with Crippen molar-refractivity contribution in [3.8, 4) is 0 Å². The van der Waals surface area contributed by atoms with Gasteiger partial charge in [-0.3, -0.25) is 16.3 Å². The Kier molecular flexibility index (Phi) is 4.03. The van der Waals surface area contributed by atoms with Crippen molar-refractivity contribution in [2.75, 3.05) is 0 Å². The summed E-state index contributed by atoms with van der Waals surface area (Å²) in [6, 6.07) is 7.62. The fourth-order valence-electron chi connectivity index (χ4n) is 1.66. The monoisotopic (exact) mass is 248 g/mol. The second-order valence-corrected chi connectivity index (χ2v) is 4.08. The summed E-state index contributed by atoms with van der Waals surface area (Å²) in [5, 5.41) is 0.467. The van der Waals surface area contributed by atoms with Crippen LogP contribution in [0.15, 0.2) is 42.9 Å². The number of nitrogens with zero attached hydrogens (tertiary/aromatic N) is 2. The van der Waals surface area contributed by atoms with E-state index in [4.69, 9.17) is 17.4 Å². The van der Waals surface area contributed by atoms with Gasteiger partial charge < -0.3 is 0 Å². The molecule has 0 spiro atoms. The second-order valence-electron chi connectivity index (χ2n) is 3.70. The third-order valence-electron chi connectivity index (χ3n) is 2.52. The summed E-state index contributed by atoms with van der Waals surface area (Å²) < 4.78 is 0. The molecule has 0 fully saturated rings. The lowest BCUT2D eigenvalue weighted by atomic mass is 10.0. The van der Waals surface area contributed by atoms with Gasteiger partial charge in [-0.1, -0.05) is 17.7 Å². The van der Waals surface area contributed by atoms with Crippen molar-refractivity contribution >= 4 is 11.6 Å². The molecule has 88 valence electrons. The topological polar surface area (TPSA) is 63.8 Å². The fourth-order valence-corrected chi connectivity index (χ4v) is 1.84. The number of nitrogens with two attached hydrogens (primary N) is 1. The van der Waals surface area contributed by atoms with Crippen LogP contribution in [0.1, 0.15) is 17.2 Å². The Morgan fingerprint density at radius 1 is 1.35 bits per heavy atom. The lowest BCUT2D eigenvalue weighted by molar-refractivity contribution is 0.550. The van der Waals surface area contributed by atoms with Crippen LogP contribution in [0.5, 0.6) is 0 Å². The number of halogens is 1. The standard InChI is InChI=1S/C12H13ClN4/c13-12-7-10(3-5-16-12)11(17-14)6-9-2-1-4-15-8-9/h1-5,7-8,11,17H,6,14H2. The van der Waals surface area contributed by atoms with E-state index in [0.29, 0.717) is 5.15 Å². The van der Waals surface area contributed by atoms with Crippen LogP contribution in [0.25, 0.3) is 0 Å². The van der Waals surface area contributed by atoms with Gasteiger partial charge in [0.15, 0.2) is 0 Å². The van der Waals surface area contributed by atoms with E-state index in [1.165, 1.54) is 0 Å². The molecule has 5 heteroatoms. The maximum absolute atomic E-state index is 5.86. The quantitative estimate of drug-likeness (QED) is 0.493. The minimum Gasteiger partial charge on any atom is -0.271 e. The molecule has 0 radical (unpaired) electrons. The average molecular weight is 249 g/mol. The first-order valence-electron chi connectivity index (χ1n) is 5.26. The number of hydrogen-bond donors (Lipinski definition) is 2. The van der Waals surface area contributed by atoms with Gasteiger partial charge >= 0.3 is 0 Å². The first-order valence-corrected chi connectivity index (χ1v) is 5.64. The van der Waals surface area contributed by atoms with Gasteiger partial charge in [0.1, 0.15) is 5.15 Å². The first kappa shape index (κ1) is 12.0. The Bertz CT molecular complexity index is 475. The van der Waals surface area contributed by atoms with Crippen LogP contribution in [0, 0.1) is 0 Å². The van der Waals surface area contributed by atoms with Gasteiger partial charge in [0.25, 0.3) is 0 Å². The normalized spacial score (nSPS) is 12.4. The zero-order chi connectivity index (χ0) is 12.1. The predicted octanol–water partition coefficient (Wildman–Crippen LogP) is 1.88. The Labute approximate surface area is 105 Å². The zero-order valence-electron chi connectivity index (χ0n) is 9.18. The minimum atomic E-state index is -0.000278.